The quantitative estimate of drug-likeness (QED) is 0.895. The Morgan fingerprint density at radius 1 is 1.47 bits per heavy atom. The van der Waals surface area contributed by atoms with Crippen molar-refractivity contribution in [2.75, 3.05) is 19.8 Å². The molecule has 2 rings (SSSR count). The van der Waals surface area contributed by atoms with Crippen molar-refractivity contribution in [2.24, 2.45) is 5.92 Å². The molecular formula is C15H21ClFNO. The molecule has 2 unspecified atom stereocenters. The highest BCUT2D eigenvalue weighted by Crippen LogP contribution is 2.25. The summed E-state index contributed by atoms with van der Waals surface area (Å²) in [6, 6.07) is 5.00. The maximum atomic E-state index is 13.3. The van der Waals surface area contributed by atoms with E-state index in [-0.39, 0.29) is 5.82 Å². The molecule has 0 aromatic heterocycles. The van der Waals surface area contributed by atoms with Gasteiger partial charge in [0, 0.05) is 23.6 Å². The van der Waals surface area contributed by atoms with Crippen LogP contribution in [0.5, 0.6) is 0 Å². The van der Waals surface area contributed by atoms with Gasteiger partial charge in [0.2, 0.25) is 0 Å². The Kier molecular flexibility index (Phi) is 5.61. The zero-order valence-corrected chi connectivity index (χ0v) is 12.0. The highest BCUT2D eigenvalue weighted by molar-refractivity contribution is 6.31. The fourth-order valence-corrected chi connectivity index (χ4v) is 2.77. The van der Waals surface area contributed by atoms with Crippen molar-refractivity contribution in [1.82, 2.24) is 5.32 Å². The van der Waals surface area contributed by atoms with Gasteiger partial charge in [-0.2, -0.15) is 0 Å². The molecule has 1 aliphatic rings. The first-order valence-corrected chi connectivity index (χ1v) is 7.33. The Hall–Kier alpha value is -0.640. The average molecular weight is 286 g/mol. The molecule has 0 amide bonds. The summed E-state index contributed by atoms with van der Waals surface area (Å²) in [6.07, 6.45) is 2.89. The Morgan fingerprint density at radius 3 is 3.11 bits per heavy atom. The van der Waals surface area contributed by atoms with Gasteiger partial charge in [-0.15, -0.1) is 0 Å². The third-order valence-corrected chi connectivity index (χ3v) is 3.99. The summed E-state index contributed by atoms with van der Waals surface area (Å²) in [5.74, 6) is 0.133. The second-order valence-electron chi connectivity index (χ2n) is 5.12. The van der Waals surface area contributed by atoms with Gasteiger partial charge >= 0.3 is 0 Å². The molecule has 0 bridgehead atoms. The minimum absolute atomic E-state index is 0.228. The van der Waals surface area contributed by atoms with E-state index in [2.05, 4.69) is 12.2 Å². The molecule has 19 heavy (non-hydrogen) atoms. The van der Waals surface area contributed by atoms with Gasteiger partial charge in [-0.3, -0.25) is 0 Å². The molecule has 0 radical (unpaired) electrons. The van der Waals surface area contributed by atoms with Gasteiger partial charge in [0.05, 0.1) is 6.61 Å². The van der Waals surface area contributed by atoms with E-state index in [1.165, 1.54) is 12.1 Å². The van der Waals surface area contributed by atoms with Crippen LogP contribution in [0, 0.1) is 11.7 Å². The SMILES string of the molecule is CCCNC1CCOCC1Cc1cc(F)ccc1Cl. The van der Waals surface area contributed by atoms with Gasteiger partial charge in [-0.1, -0.05) is 18.5 Å². The maximum absolute atomic E-state index is 13.3. The lowest BCUT2D eigenvalue weighted by Crippen LogP contribution is -2.44. The molecule has 0 spiro atoms. The summed E-state index contributed by atoms with van der Waals surface area (Å²) < 4.78 is 18.9. The number of halogens is 2. The van der Waals surface area contributed by atoms with E-state index in [0.717, 1.165) is 38.0 Å². The molecule has 1 aromatic rings. The van der Waals surface area contributed by atoms with Gasteiger partial charge in [0.1, 0.15) is 5.82 Å². The van der Waals surface area contributed by atoms with Crippen LogP contribution in [0.3, 0.4) is 0 Å². The second kappa shape index (κ2) is 7.22. The van der Waals surface area contributed by atoms with Crippen molar-refractivity contribution in [1.29, 1.82) is 0 Å². The van der Waals surface area contributed by atoms with Crippen LogP contribution in [-0.2, 0) is 11.2 Å². The largest absolute Gasteiger partial charge is 0.381 e. The van der Waals surface area contributed by atoms with Crippen molar-refractivity contribution in [3.8, 4) is 0 Å². The van der Waals surface area contributed by atoms with Crippen LogP contribution in [0.2, 0.25) is 5.02 Å². The molecule has 1 aliphatic heterocycles. The Bertz CT molecular complexity index is 413. The molecule has 2 atom stereocenters. The van der Waals surface area contributed by atoms with Crippen LogP contribution in [-0.4, -0.2) is 25.8 Å². The molecule has 1 N–H and O–H groups in total. The van der Waals surface area contributed by atoms with Crippen LogP contribution in [0.1, 0.15) is 25.3 Å². The third-order valence-electron chi connectivity index (χ3n) is 3.62. The van der Waals surface area contributed by atoms with E-state index in [0.29, 0.717) is 23.6 Å². The maximum Gasteiger partial charge on any atom is 0.123 e. The first-order valence-electron chi connectivity index (χ1n) is 6.95. The average Bonchev–Trinajstić information content (AvgIpc) is 2.42. The Labute approximate surface area is 119 Å². The zero-order chi connectivity index (χ0) is 13.7. The fourth-order valence-electron chi connectivity index (χ4n) is 2.58. The van der Waals surface area contributed by atoms with E-state index in [1.807, 2.05) is 0 Å². The van der Waals surface area contributed by atoms with E-state index in [1.54, 1.807) is 6.07 Å². The summed E-state index contributed by atoms with van der Waals surface area (Å²) >= 11 is 6.14. The first-order chi connectivity index (χ1) is 9.20. The van der Waals surface area contributed by atoms with Crippen molar-refractivity contribution < 1.29 is 9.13 Å². The number of hydrogen-bond acceptors (Lipinski definition) is 2. The third kappa shape index (κ3) is 4.16. The molecular weight excluding hydrogens is 265 g/mol. The summed E-state index contributed by atoms with van der Waals surface area (Å²) in [5.41, 5.74) is 0.875. The Morgan fingerprint density at radius 2 is 2.32 bits per heavy atom. The van der Waals surface area contributed by atoms with Crippen molar-refractivity contribution in [3.05, 3.63) is 34.6 Å². The predicted octanol–water partition coefficient (Wildman–Crippen LogP) is 3.43. The van der Waals surface area contributed by atoms with Gasteiger partial charge in [0.25, 0.3) is 0 Å². The molecule has 4 heteroatoms. The van der Waals surface area contributed by atoms with E-state index in [9.17, 15) is 4.39 Å². The van der Waals surface area contributed by atoms with Gasteiger partial charge in [-0.25, -0.2) is 4.39 Å². The lowest BCUT2D eigenvalue weighted by molar-refractivity contribution is 0.0322. The molecule has 106 valence electrons. The smallest absolute Gasteiger partial charge is 0.123 e. The second-order valence-corrected chi connectivity index (χ2v) is 5.53. The monoisotopic (exact) mass is 285 g/mol. The number of benzene rings is 1. The van der Waals surface area contributed by atoms with E-state index in [4.69, 9.17) is 16.3 Å². The lowest BCUT2D eigenvalue weighted by atomic mass is 9.89. The van der Waals surface area contributed by atoms with Crippen molar-refractivity contribution in [2.45, 2.75) is 32.2 Å². The van der Waals surface area contributed by atoms with E-state index < -0.39 is 0 Å². The summed E-state index contributed by atoms with van der Waals surface area (Å²) in [7, 11) is 0. The van der Waals surface area contributed by atoms with Crippen LogP contribution < -0.4 is 5.32 Å². The fraction of sp³-hybridized carbons (Fsp3) is 0.600. The molecule has 1 heterocycles. The lowest BCUT2D eigenvalue weighted by Gasteiger charge is -2.32. The first kappa shape index (κ1) is 14.8. The number of nitrogens with one attached hydrogen (secondary N) is 1. The van der Waals surface area contributed by atoms with Crippen LogP contribution >= 0.6 is 11.6 Å². The van der Waals surface area contributed by atoms with Crippen LogP contribution in [0.25, 0.3) is 0 Å². The highest BCUT2D eigenvalue weighted by Gasteiger charge is 2.26. The summed E-state index contributed by atoms with van der Waals surface area (Å²) in [4.78, 5) is 0. The van der Waals surface area contributed by atoms with Crippen LogP contribution in [0.4, 0.5) is 4.39 Å². The molecule has 0 aliphatic carbocycles. The zero-order valence-electron chi connectivity index (χ0n) is 11.3. The van der Waals surface area contributed by atoms with Gasteiger partial charge < -0.3 is 10.1 Å². The molecule has 0 saturated carbocycles. The van der Waals surface area contributed by atoms with Crippen molar-refractivity contribution >= 4 is 11.6 Å². The highest BCUT2D eigenvalue weighted by atomic mass is 35.5. The van der Waals surface area contributed by atoms with E-state index >= 15 is 0 Å². The predicted molar refractivity (Wildman–Crippen MR) is 76.1 cm³/mol. The minimum Gasteiger partial charge on any atom is -0.381 e. The number of rotatable bonds is 5. The summed E-state index contributed by atoms with van der Waals surface area (Å²) in [6.45, 7) is 4.69. The standard InChI is InChI=1S/C15H21ClFNO/c1-2-6-18-15-5-7-19-10-12(15)8-11-9-13(17)3-4-14(11)16/h3-4,9,12,15,18H,2,5-8,10H2,1H3. The molecule has 1 aromatic carbocycles. The Balaban J connectivity index is 2.04. The molecule has 1 fully saturated rings. The van der Waals surface area contributed by atoms with Crippen LogP contribution in [0.15, 0.2) is 18.2 Å². The number of hydrogen-bond donors (Lipinski definition) is 1. The summed E-state index contributed by atoms with van der Waals surface area (Å²) in [5, 5.41) is 4.20. The topological polar surface area (TPSA) is 21.3 Å². The van der Waals surface area contributed by atoms with Gasteiger partial charge in [-0.05, 0) is 49.6 Å². The normalized spacial score (nSPS) is 23.5. The number of ether oxygens (including phenoxy) is 1. The minimum atomic E-state index is -0.228. The molecule has 2 nitrogen and oxygen atoms in total. The molecule has 1 saturated heterocycles. The van der Waals surface area contributed by atoms with Crippen molar-refractivity contribution in [3.63, 3.8) is 0 Å². The van der Waals surface area contributed by atoms with Gasteiger partial charge in [0.15, 0.2) is 0 Å².